The molecule has 1 fully saturated rings. The Balaban J connectivity index is 1.27. The molecule has 3 aromatic carbocycles. The molecule has 1 amide bonds. The first-order chi connectivity index (χ1) is 15.0. The van der Waals surface area contributed by atoms with Crippen LogP contribution < -0.4 is 14.9 Å². The van der Waals surface area contributed by atoms with Crippen LogP contribution in [0.1, 0.15) is 12.5 Å². The number of carbonyl (C=O) groups is 1. The molecule has 31 heavy (non-hydrogen) atoms. The second kappa shape index (κ2) is 8.23. The smallest absolute Gasteiger partial charge is 0.233 e. The molecule has 0 bridgehead atoms. The maximum atomic E-state index is 13.3. The molecule has 0 aliphatic carbocycles. The Morgan fingerprint density at radius 3 is 2.52 bits per heavy atom. The highest BCUT2D eigenvalue weighted by molar-refractivity contribution is 7.97. The number of fused-ring (bicyclic) bond motifs is 1. The Morgan fingerprint density at radius 2 is 1.81 bits per heavy atom. The highest BCUT2D eigenvalue weighted by Gasteiger charge is 2.40. The Bertz CT molecular complexity index is 1130. The van der Waals surface area contributed by atoms with Crippen molar-refractivity contribution in [3.63, 3.8) is 0 Å². The van der Waals surface area contributed by atoms with Crippen molar-refractivity contribution in [2.24, 2.45) is 11.1 Å². The highest BCUT2D eigenvalue weighted by atomic mass is 35.5. The lowest BCUT2D eigenvalue weighted by Gasteiger charge is -2.42. The van der Waals surface area contributed by atoms with Crippen LogP contribution in [0.3, 0.4) is 0 Å². The normalized spacial score (nSPS) is 18.1. The first-order valence-electron chi connectivity index (χ1n) is 10.5. The highest BCUT2D eigenvalue weighted by Crippen LogP contribution is 2.38. The van der Waals surface area contributed by atoms with Gasteiger partial charge in [0, 0.05) is 46.0 Å². The monoisotopic (exact) mass is 449 g/mol. The molecule has 4 nitrogen and oxygen atoms in total. The number of anilines is 2. The zero-order valence-electron chi connectivity index (χ0n) is 17.3. The van der Waals surface area contributed by atoms with Crippen LogP contribution in [0.5, 0.6) is 0 Å². The van der Waals surface area contributed by atoms with Gasteiger partial charge in [0.2, 0.25) is 5.91 Å². The minimum atomic E-state index is 0.0193. The Labute approximate surface area is 192 Å². The second-order valence-electron chi connectivity index (χ2n) is 8.30. The van der Waals surface area contributed by atoms with Crippen molar-refractivity contribution >= 4 is 40.8 Å². The number of carbonyl (C=O) groups excluding carboxylic acids is 1. The SMILES string of the molecule is CC1Cc2ccc(SN)cc2N1C(=O)C1CN(c2ccc(-c3ccccc3Cl)cc2)C1. The second-order valence-corrected chi connectivity index (χ2v) is 9.41. The molecule has 1 saturated heterocycles. The first-order valence-corrected chi connectivity index (χ1v) is 11.7. The fourth-order valence-corrected chi connectivity index (χ4v) is 5.16. The van der Waals surface area contributed by atoms with Gasteiger partial charge in [-0.15, -0.1) is 0 Å². The van der Waals surface area contributed by atoms with Crippen molar-refractivity contribution in [3.8, 4) is 11.1 Å². The summed E-state index contributed by atoms with van der Waals surface area (Å²) in [6, 6.07) is 22.6. The lowest BCUT2D eigenvalue weighted by molar-refractivity contribution is -0.123. The minimum Gasteiger partial charge on any atom is -0.370 e. The van der Waals surface area contributed by atoms with Gasteiger partial charge in [-0.1, -0.05) is 48.0 Å². The minimum absolute atomic E-state index is 0.0193. The van der Waals surface area contributed by atoms with Gasteiger partial charge >= 0.3 is 0 Å². The van der Waals surface area contributed by atoms with Crippen LogP contribution in [-0.2, 0) is 11.2 Å². The molecule has 3 aromatic rings. The van der Waals surface area contributed by atoms with Crippen molar-refractivity contribution < 1.29 is 4.79 Å². The molecule has 5 rings (SSSR count). The molecule has 0 spiro atoms. The van der Waals surface area contributed by atoms with Gasteiger partial charge in [-0.2, -0.15) is 0 Å². The van der Waals surface area contributed by atoms with Gasteiger partial charge < -0.3 is 9.80 Å². The van der Waals surface area contributed by atoms with Gasteiger partial charge in [0.05, 0.1) is 5.92 Å². The average molecular weight is 450 g/mol. The largest absolute Gasteiger partial charge is 0.370 e. The summed E-state index contributed by atoms with van der Waals surface area (Å²) in [4.78, 5) is 18.5. The maximum Gasteiger partial charge on any atom is 0.233 e. The number of halogens is 1. The van der Waals surface area contributed by atoms with Crippen LogP contribution in [-0.4, -0.2) is 25.0 Å². The van der Waals surface area contributed by atoms with E-state index in [2.05, 4.69) is 42.2 Å². The van der Waals surface area contributed by atoms with Crippen molar-refractivity contribution in [1.82, 2.24) is 0 Å². The molecule has 2 aliphatic heterocycles. The van der Waals surface area contributed by atoms with Crippen molar-refractivity contribution in [2.45, 2.75) is 24.3 Å². The van der Waals surface area contributed by atoms with Gasteiger partial charge in [0.15, 0.2) is 0 Å². The number of amides is 1. The van der Waals surface area contributed by atoms with E-state index in [0.717, 1.165) is 51.9 Å². The van der Waals surface area contributed by atoms with E-state index in [-0.39, 0.29) is 17.9 Å². The van der Waals surface area contributed by atoms with E-state index in [0.29, 0.717) is 0 Å². The van der Waals surface area contributed by atoms with Gasteiger partial charge in [-0.25, -0.2) is 0 Å². The van der Waals surface area contributed by atoms with Gasteiger partial charge in [-0.3, -0.25) is 9.93 Å². The number of hydrogen-bond donors (Lipinski definition) is 1. The van der Waals surface area contributed by atoms with Crippen LogP contribution in [0.15, 0.2) is 71.6 Å². The predicted octanol–water partition coefficient (Wildman–Crippen LogP) is 5.39. The molecule has 6 heteroatoms. The summed E-state index contributed by atoms with van der Waals surface area (Å²) in [7, 11) is 0. The van der Waals surface area contributed by atoms with Crippen LogP contribution in [0.4, 0.5) is 11.4 Å². The van der Waals surface area contributed by atoms with E-state index in [4.69, 9.17) is 16.7 Å². The van der Waals surface area contributed by atoms with Crippen LogP contribution in [0.25, 0.3) is 11.1 Å². The molecule has 1 unspecified atom stereocenters. The predicted molar refractivity (Wildman–Crippen MR) is 130 cm³/mol. The van der Waals surface area contributed by atoms with E-state index in [1.807, 2.05) is 41.3 Å². The Kier molecular flexibility index (Phi) is 5.42. The van der Waals surface area contributed by atoms with E-state index in [1.54, 1.807) is 0 Å². The summed E-state index contributed by atoms with van der Waals surface area (Å²) in [5, 5.41) is 6.49. The first kappa shape index (κ1) is 20.4. The number of nitrogens with zero attached hydrogens (tertiary/aromatic N) is 2. The molecule has 158 valence electrons. The molecular formula is C25H24ClN3OS. The summed E-state index contributed by atoms with van der Waals surface area (Å²) in [6.45, 7) is 3.61. The fraction of sp³-hybridized carbons (Fsp3) is 0.240. The quantitative estimate of drug-likeness (QED) is 0.543. The van der Waals surface area contributed by atoms with Gasteiger partial charge in [-0.05, 0) is 66.8 Å². The molecule has 0 aromatic heterocycles. The van der Waals surface area contributed by atoms with Crippen LogP contribution in [0, 0.1) is 5.92 Å². The summed E-state index contributed by atoms with van der Waals surface area (Å²) >= 11 is 7.54. The van der Waals surface area contributed by atoms with Crippen molar-refractivity contribution in [2.75, 3.05) is 22.9 Å². The summed E-state index contributed by atoms with van der Waals surface area (Å²) in [5.41, 5.74) is 5.51. The zero-order valence-corrected chi connectivity index (χ0v) is 18.9. The number of rotatable bonds is 4. The topological polar surface area (TPSA) is 49.6 Å². The third-order valence-electron chi connectivity index (χ3n) is 6.29. The summed E-state index contributed by atoms with van der Waals surface area (Å²) in [5.74, 6) is 0.236. The van der Waals surface area contributed by atoms with E-state index in [1.165, 1.54) is 17.5 Å². The molecule has 2 heterocycles. The van der Waals surface area contributed by atoms with Crippen molar-refractivity contribution in [1.29, 1.82) is 0 Å². The Hall–Kier alpha value is -2.47. The van der Waals surface area contributed by atoms with Gasteiger partial charge in [0.25, 0.3) is 0 Å². The summed E-state index contributed by atoms with van der Waals surface area (Å²) in [6.07, 6.45) is 0.899. The maximum absolute atomic E-state index is 13.3. The van der Waals surface area contributed by atoms with E-state index in [9.17, 15) is 4.79 Å². The molecular weight excluding hydrogens is 426 g/mol. The number of nitrogens with two attached hydrogens (primary N) is 1. The molecule has 1 atom stereocenters. The lowest BCUT2D eigenvalue weighted by atomic mass is 9.96. The molecule has 0 radical (unpaired) electrons. The standard InChI is InChI=1S/C25H24ClN3OS/c1-16-12-18-8-11-21(31-27)13-24(18)29(16)25(30)19-14-28(15-19)20-9-6-17(7-10-20)22-4-2-3-5-23(22)26/h2-11,13,16,19H,12,14-15,27H2,1H3. The van der Waals surface area contributed by atoms with E-state index >= 15 is 0 Å². The van der Waals surface area contributed by atoms with Gasteiger partial charge in [0.1, 0.15) is 0 Å². The molecule has 2 aliphatic rings. The molecule has 2 N–H and O–H groups in total. The van der Waals surface area contributed by atoms with Crippen LogP contribution in [0.2, 0.25) is 5.02 Å². The zero-order chi connectivity index (χ0) is 21.5. The third-order valence-corrected chi connectivity index (χ3v) is 7.15. The third kappa shape index (κ3) is 3.71. The molecule has 0 saturated carbocycles. The lowest BCUT2D eigenvalue weighted by Crippen LogP contribution is -2.55. The van der Waals surface area contributed by atoms with Crippen molar-refractivity contribution in [3.05, 3.63) is 77.3 Å². The van der Waals surface area contributed by atoms with E-state index < -0.39 is 0 Å². The fourth-order valence-electron chi connectivity index (χ4n) is 4.59. The number of benzene rings is 3. The Morgan fingerprint density at radius 1 is 1.06 bits per heavy atom. The number of hydrogen-bond acceptors (Lipinski definition) is 4. The summed E-state index contributed by atoms with van der Waals surface area (Å²) < 4.78 is 0. The average Bonchev–Trinajstić information content (AvgIpc) is 3.08. The van der Waals surface area contributed by atoms with Crippen LogP contribution >= 0.6 is 23.5 Å².